The highest BCUT2D eigenvalue weighted by Gasteiger charge is 2.29. The number of carbonyl (C=O) groups is 1. The molecule has 0 unspecified atom stereocenters. The molecule has 1 rings (SSSR count). The second kappa shape index (κ2) is 5.89. The first-order valence-corrected chi connectivity index (χ1v) is 6.35. The standard InChI is InChI=1S/C11H22N2O2S/c1-6(2)10(12)11(15)13-7-3-4-8(14)9(16)5-7/h6-10,14,16H,3-5,12H2,1-2H3,(H,13,15)/t7-,8+,9+,10-/m1/s1. The average Bonchev–Trinajstić information content (AvgIpc) is 2.22. The molecule has 0 aliphatic heterocycles. The summed E-state index contributed by atoms with van der Waals surface area (Å²) in [5.41, 5.74) is 5.76. The fourth-order valence-electron chi connectivity index (χ4n) is 1.86. The van der Waals surface area contributed by atoms with Gasteiger partial charge in [0, 0.05) is 11.3 Å². The molecule has 1 aliphatic rings. The smallest absolute Gasteiger partial charge is 0.237 e. The van der Waals surface area contributed by atoms with Crippen molar-refractivity contribution in [2.24, 2.45) is 11.7 Å². The Labute approximate surface area is 102 Å². The number of nitrogens with one attached hydrogen (secondary N) is 1. The highest BCUT2D eigenvalue weighted by Crippen LogP contribution is 2.23. The average molecular weight is 246 g/mol. The molecule has 0 saturated heterocycles. The monoisotopic (exact) mass is 246 g/mol. The minimum Gasteiger partial charge on any atom is -0.392 e. The van der Waals surface area contributed by atoms with E-state index in [2.05, 4.69) is 17.9 Å². The van der Waals surface area contributed by atoms with Gasteiger partial charge >= 0.3 is 0 Å². The highest BCUT2D eigenvalue weighted by molar-refractivity contribution is 7.81. The Bertz CT molecular complexity index is 248. The van der Waals surface area contributed by atoms with Gasteiger partial charge < -0.3 is 16.2 Å². The molecule has 0 aromatic carbocycles. The van der Waals surface area contributed by atoms with Gasteiger partial charge in [-0.2, -0.15) is 12.6 Å². The number of nitrogens with two attached hydrogens (primary N) is 1. The SMILES string of the molecule is CC(C)[C@@H](N)C(=O)N[C@@H]1CC[C@H](O)[C@@H](S)C1. The van der Waals surface area contributed by atoms with Crippen LogP contribution in [0.5, 0.6) is 0 Å². The van der Waals surface area contributed by atoms with Gasteiger partial charge in [-0.3, -0.25) is 4.79 Å². The number of carbonyl (C=O) groups excluding carboxylic acids is 1. The van der Waals surface area contributed by atoms with Crippen molar-refractivity contribution in [2.75, 3.05) is 0 Å². The van der Waals surface area contributed by atoms with Crippen molar-refractivity contribution in [3.05, 3.63) is 0 Å². The minimum atomic E-state index is -0.454. The van der Waals surface area contributed by atoms with Crippen LogP contribution in [-0.4, -0.2) is 34.5 Å². The molecule has 1 saturated carbocycles. The van der Waals surface area contributed by atoms with E-state index in [4.69, 9.17) is 5.73 Å². The number of rotatable bonds is 3. The predicted molar refractivity (Wildman–Crippen MR) is 67.4 cm³/mol. The summed E-state index contributed by atoms with van der Waals surface area (Å²) in [4.78, 5) is 11.7. The van der Waals surface area contributed by atoms with Gasteiger partial charge in [0.25, 0.3) is 0 Å². The third-order valence-electron chi connectivity index (χ3n) is 3.15. The summed E-state index contributed by atoms with van der Waals surface area (Å²) >= 11 is 4.30. The third kappa shape index (κ3) is 3.64. The van der Waals surface area contributed by atoms with Crippen molar-refractivity contribution >= 4 is 18.5 Å². The van der Waals surface area contributed by atoms with Crippen molar-refractivity contribution in [3.8, 4) is 0 Å². The Morgan fingerprint density at radius 2 is 2.12 bits per heavy atom. The van der Waals surface area contributed by atoms with E-state index in [1.54, 1.807) is 0 Å². The van der Waals surface area contributed by atoms with Crippen LogP contribution in [0.4, 0.5) is 0 Å². The molecular formula is C11H22N2O2S. The first-order chi connectivity index (χ1) is 7.41. The predicted octanol–water partition coefficient (Wildman–Crippen LogP) is 0.298. The van der Waals surface area contributed by atoms with Crippen LogP contribution in [0, 0.1) is 5.92 Å². The van der Waals surface area contributed by atoms with Crippen LogP contribution in [0.15, 0.2) is 0 Å². The number of amides is 1. The molecular weight excluding hydrogens is 224 g/mol. The molecule has 0 radical (unpaired) electrons. The van der Waals surface area contributed by atoms with Gasteiger partial charge in [0.15, 0.2) is 0 Å². The molecule has 0 bridgehead atoms. The molecule has 4 N–H and O–H groups in total. The van der Waals surface area contributed by atoms with Gasteiger partial charge in [0.2, 0.25) is 5.91 Å². The number of thiol groups is 1. The lowest BCUT2D eigenvalue weighted by Gasteiger charge is -2.31. The van der Waals surface area contributed by atoms with Crippen molar-refractivity contribution in [1.82, 2.24) is 5.32 Å². The summed E-state index contributed by atoms with van der Waals surface area (Å²) in [6.07, 6.45) is 1.85. The first kappa shape index (κ1) is 13.8. The normalized spacial score (nSPS) is 32.5. The Morgan fingerprint density at radius 1 is 1.50 bits per heavy atom. The lowest BCUT2D eigenvalue weighted by atomic mass is 9.92. The maximum atomic E-state index is 11.7. The minimum absolute atomic E-state index is 0.0469. The van der Waals surface area contributed by atoms with E-state index in [9.17, 15) is 9.90 Å². The van der Waals surface area contributed by atoms with Crippen LogP contribution in [-0.2, 0) is 4.79 Å². The van der Waals surface area contributed by atoms with Crippen molar-refractivity contribution in [3.63, 3.8) is 0 Å². The molecule has 1 amide bonds. The van der Waals surface area contributed by atoms with E-state index in [1.165, 1.54) is 0 Å². The number of hydrogen-bond acceptors (Lipinski definition) is 4. The van der Waals surface area contributed by atoms with E-state index in [-0.39, 0.29) is 29.2 Å². The van der Waals surface area contributed by atoms with Crippen LogP contribution in [0.2, 0.25) is 0 Å². The largest absolute Gasteiger partial charge is 0.392 e. The summed E-state index contributed by atoms with van der Waals surface area (Å²) in [7, 11) is 0. The Balaban J connectivity index is 2.40. The van der Waals surface area contributed by atoms with Crippen LogP contribution in [0.1, 0.15) is 33.1 Å². The molecule has 5 heteroatoms. The Hall–Kier alpha value is -0.260. The maximum absolute atomic E-state index is 11.7. The lowest BCUT2D eigenvalue weighted by Crippen LogP contribution is -2.50. The van der Waals surface area contributed by atoms with Gasteiger partial charge in [0.05, 0.1) is 12.1 Å². The van der Waals surface area contributed by atoms with Crippen molar-refractivity contribution in [1.29, 1.82) is 0 Å². The van der Waals surface area contributed by atoms with E-state index >= 15 is 0 Å². The summed E-state index contributed by atoms with van der Waals surface area (Å²) in [6, 6.07) is -0.353. The molecule has 1 aliphatic carbocycles. The Kier molecular flexibility index (Phi) is 5.08. The van der Waals surface area contributed by atoms with E-state index in [0.29, 0.717) is 12.8 Å². The molecule has 4 atom stereocenters. The van der Waals surface area contributed by atoms with Crippen LogP contribution in [0.25, 0.3) is 0 Å². The number of hydrogen-bond donors (Lipinski definition) is 4. The zero-order chi connectivity index (χ0) is 12.3. The molecule has 0 spiro atoms. The summed E-state index contributed by atoms with van der Waals surface area (Å²) in [5, 5.41) is 12.4. The first-order valence-electron chi connectivity index (χ1n) is 5.84. The molecule has 0 aromatic rings. The second-order valence-electron chi connectivity index (χ2n) is 4.92. The summed E-state index contributed by atoms with van der Waals surface area (Å²) in [5.74, 6) is 0.0397. The number of aliphatic hydroxyl groups excluding tert-OH is 1. The van der Waals surface area contributed by atoms with Gasteiger partial charge in [-0.25, -0.2) is 0 Å². The van der Waals surface area contributed by atoms with E-state index in [1.807, 2.05) is 13.8 Å². The molecule has 4 nitrogen and oxygen atoms in total. The molecule has 0 heterocycles. The van der Waals surface area contributed by atoms with Gasteiger partial charge in [-0.05, 0) is 25.2 Å². The van der Waals surface area contributed by atoms with E-state index < -0.39 is 6.04 Å². The van der Waals surface area contributed by atoms with Crippen LogP contribution >= 0.6 is 12.6 Å². The van der Waals surface area contributed by atoms with E-state index in [0.717, 1.165) is 6.42 Å². The molecule has 1 fully saturated rings. The summed E-state index contributed by atoms with van der Waals surface area (Å²) < 4.78 is 0. The molecule has 16 heavy (non-hydrogen) atoms. The fourth-order valence-corrected chi connectivity index (χ4v) is 2.27. The lowest BCUT2D eigenvalue weighted by molar-refractivity contribution is -0.124. The highest BCUT2D eigenvalue weighted by atomic mass is 32.1. The van der Waals surface area contributed by atoms with Gasteiger partial charge in [-0.15, -0.1) is 0 Å². The second-order valence-corrected chi connectivity index (χ2v) is 5.59. The zero-order valence-corrected chi connectivity index (χ0v) is 10.8. The fraction of sp³-hybridized carbons (Fsp3) is 0.909. The zero-order valence-electron chi connectivity index (χ0n) is 9.89. The van der Waals surface area contributed by atoms with Crippen molar-refractivity contribution < 1.29 is 9.90 Å². The Morgan fingerprint density at radius 3 is 2.62 bits per heavy atom. The van der Waals surface area contributed by atoms with Crippen molar-refractivity contribution in [2.45, 2.75) is 56.5 Å². The van der Waals surface area contributed by atoms with Gasteiger partial charge in [0.1, 0.15) is 0 Å². The topological polar surface area (TPSA) is 75.4 Å². The maximum Gasteiger partial charge on any atom is 0.237 e. The number of aliphatic hydroxyl groups is 1. The quantitative estimate of drug-likeness (QED) is 0.541. The van der Waals surface area contributed by atoms with Crippen LogP contribution < -0.4 is 11.1 Å². The third-order valence-corrected chi connectivity index (χ3v) is 3.70. The molecule has 0 aromatic heterocycles. The van der Waals surface area contributed by atoms with Gasteiger partial charge in [-0.1, -0.05) is 13.8 Å². The molecule has 94 valence electrons. The van der Waals surface area contributed by atoms with Crippen LogP contribution in [0.3, 0.4) is 0 Å². The summed E-state index contributed by atoms with van der Waals surface area (Å²) in [6.45, 7) is 3.85.